The fraction of sp³-hybridized carbons (Fsp3) is 0.250. The van der Waals surface area contributed by atoms with E-state index in [-0.39, 0.29) is 5.91 Å². The minimum Gasteiger partial charge on any atom is -0.467 e. The molecule has 1 unspecified atom stereocenters. The monoisotopic (exact) mass is 251 g/mol. The summed E-state index contributed by atoms with van der Waals surface area (Å²) in [6.07, 6.45) is 1.28. The van der Waals surface area contributed by atoms with Gasteiger partial charge in [0.05, 0.1) is 11.1 Å². The second-order valence-electron chi connectivity index (χ2n) is 3.55. The molecule has 5 heteroatoms. The molecule has 17 heavy (non-hydrogen) atoms. The average molecular weight is 251 g/mol. The van der Waals surface area contributed by atoms with Crippen LogP contribution in [0.15, 0.2) is 40.3 Å². The highest BCUT2D eigenvalue weighted by Gasteiger charge is 2.11. The van der Waals surface area contributed by atoms with Gasteiger partial charge >= 0.3 is 0 Å². The van der Waals surface area contributed by atoms with Gasteiger partial charge in [-0.2, -0.15) is 0 Å². The van der Waals surface area contributed by atoms with Crippen molar-refractivity contribution in [3.05, 3.63) is 46.5 Å². The van der Waals surface area contributed by atoms with Crippen LogP contribution < -0.4 is 5.32 Å². The number of rotatable bonds is 5. The molecule has 0 aromatic carbocycles. The second-order valence-corrected chi connectivity index (χ2v) is 4.50. The Morgan fingerprint density at radius 3 is 3.00 bits per heavy atom. The Labute approximate surface area is 103 Å². The van der Waals surface area contributed by atoms with Gasteiger partial charge in [-0.1, -0.05) is 6.07 Å². The van der Waals surface area contributed by atoms with Gasteiger partial charge in [-0.25, -0.2) is 0 Å². The van der Waals surface area contributed by atoms with Crippen molar-refractivity contribution in [3.63, 3.8) is 0 Å². The Kier molecular flexibility index (Phi) is 3.95. The van der Waals surface area contributed by atoms with Crippen molar-refractivity contribution >= 4 is 17.2 Å². The largest absolute Gasteiger partial charge is 0.467 e. The quantitative estimate of drug-likeness (QED) is 0.856. The summed E-state index contributed by atoms with van der Waals surface area (Å²) >= 11 is 1.39. The maximum Gasteiger partial charge on any atom is 0.261 e. The lowest BCUT2D eigenvalue weighted by atomic mass is 10.2. The number of aliphatic hydroxyl groups excluding tert-OH is 1. The van der Waals surface area contributed by atoms with E-state index in [0.29, 0.717) is 23.6 Å². The van der Waals surface area contributed by atoms with E-state index in [1.165, 1.54) is 17.6 Å². The molecule has 0 radical (unpaired) electrons. The molecule has 2 rings (SSSR count). The van der Waals surface area contributed by atoms with Crippen LogP contribution in [-0.2, 0) is 0 Å². The lowest BCUT2D eigenvalue weighted by Crippen LogP contribution is -2.24. The predicted molar refractivity (Wildman–Crippen MR) is 64.9 cm³/mol. The standard InChI is InChI=1S/C12H13NO3S/c14-9(10-3-1-7-16-10)5-6-13-12(15)11-4-2-8-17-11/h1-4,7-9,14H,5-6H2,(H,13,15). The van der Waals surface area contributed by atoms with Crippen LogP contribution in [0.4, 0.5) is 0 Å². The van der Waals surface area contributed by atoms with E-state index in [0.717, 1.165) is 0 Å². The van der Waals surface area contributed by atoms with Crippen LogP contribution in [0.25, 0.3) is 0 Å². The Morgan fingerprint density at radius 2 is 2.35 bits per heavy atom. The highest BCUT2D eigenvalue weighted by Crippen LogP contribution is 2.16. The molecular formula is C12H13NO3S. The van der Waals surface area contributed by atoms with E-state index in [4.69, 9.17) is 4.42 Å². The zero-order chi connectivity index (χ0) is 12.1. The highest BCUT2D eigenvalue weighted by atomic mass is 32.1. The predicted octanol–water partition coefficient (Wildman–Crippen LogP) is 2.19. The first kappa shape index (κ1) is 11.9. The van der Waals surface area contributed by atoms with Gasteiger partial charge < -0.3 is 14.8 Å². The Morgan fingerprint density at radius 1 is 1.47 bits per heavy atom. The van der Waals surface area contributed by atoms with Crippen molar-refractivity contribution in [2.75, 3.05) is 6.54 Å². The van der Waals surface area contributed by atoms with Crippen molar-refractivity contribution in [2.45, 2.75) is 12.5 Å². The molecule has 0 spiro atoms. The number of nitrogens with one attached hydrogen (secondary N) is 1. The molecule has 1 atom stereocenters. The Balaban J connectivity index is 1.75. The molecule has 0 saturated heterocycles. The van der Waals surface area contributed by atoms with Crippen molar-refractivity contribution in [3.8, 4) is 0 Å². The summed E-state index contributed by atoms with van der Waals surface area (Å²) in [4.78, 5) is 12.2. The van der Waals surface area contributed by atoms with E-state index in [1.807, 2.05) is 11.4 Å². The molecule has 0 aliphatic heterocycles. The molecule has 0 bridgehead atoms. The summed E-state index contributed by atoms with van der Waals surface area (Å²) in [5.74, 6) is 0.419. The number of aliphatic hydroxyl groups is 1. The van der Waals surface area contributed by atoms with E-state index < -0.39 is 6.10 Å². The third-order valence-electron chi connectivity index (χ3n) is 2.32. The van der Waals surface area contributed by atoms with Gasteiger partial charge in [-0.3, -0.25) is 4.79 Å². The summed E-state index contributed by atoms with van der Waals surface area (Å²) in [6, 6.07) is 7.04. The summed E-state index contributed by atoms with van der Waals surface area (Å²) in [7, 11) is 0. The Hall–Kier alpha value is -1.59. The lowest BCUT2D eigenvalue weighted by molar-refractivity contribution is 0.0940. The minimum atomic E-state index is -0.673. The molecular weight excluding hydrogens is 238 g/mol. The van der Waals surface area contributed by atoms with E-state index in [9.17, 15) is 9.90 Å². The fourth-order valence-corrected chi connectivity index (χ4v) is 2.08. The number of furan rings is 1. The highest BCUT2D eigenvalue weighted by molar-refractivity contribution is 7.12. The van der Waals surface area contributed by atoms with Crippen LogP contribution in [0, 0.1) is 0 Å². The van der Waals surface area contributed by atoms with E-state index in [2.05, 4.69) is 5.32 Å². The van der Waals surface area contributed by atoms with Crippen molar-refractivity contribution in [1.82, 2.24) is 5.32 Å². The maximum atomic E-state index is 11.6. The molecule has 0 fully saturated rings. The summed E-state index contributed by atoms with van der Waals surface area (Å²) in [6.45, 7) is 0.415. The smallest absolute Gasteiger partial charge is 0.261 e. The number of amides is 1. The maximum absolute atomic E-state index is 11.6. The van der Waals surface area contributed by atoms with Gasteiger partial charge in [-0.15, -0.1) is 11.3 Å². The molecule has 2 N–H and O–H groups in total. The summed E-state index contributed by atoms with van der Waals surface area (Å²) < 4.78 is 5.06. The van der Waals surface area contributed by atoms with Crippen LogP contribution in [0.3, 0.4) is 0 Å². The summed E-state index contributed by atoms with van der Waals surface area (Å²) in [5, 5.41) is 14.3. The fourth-order valence-electron chi connectivity index (χ4n) is 1.44. The van der Waals surface area contributed by atoms with Gasteiger partial charge in [0.2, 0.25) is 0 Å². The number of hydrogen-bond acceptors (Lipinski definition) is 4. The third-order valence-corrected chi connectivity index (χ3v) is 3.19. The average Bonchev–Trinajstić information content (AvgIpc) is 3.02. The van der Waals surface area contributed by atoms with Crippen LogP contribution in [0.1, 0.15) is 28.0 Å². The third kappa shape index (κ3) is 3.18. The summed E-state index contributed by atoms with van der Waals surface area (Å²) in [5.41, 5.74) is 0. The van der Waals surface area contributed by atoms with Crippen molar-refractivity contribution in [1.29, 1.82) is 0 Å². The molecule has 2 heterocycles. The normalized spacial score (nSPS) is 12.3. The van der Waals surface area contributed by atoms with Crippen molar-refractivity contribution in [2.24, 2.45) is 0 Å². The van der Waals surface area contributed by atoms with Crippen LogP contribution in [-0.4, -0.2) is 17.6 Å². The van der Waals surface area contributed by atoms with Gasteiger partial charge in [0.15, 0.2) is 0 Å². The number of carbonyl (C=O) groups is 1. The molecule has 2 aromatic rings. The molecule has 4 nitrogen and oxygen atoms in total. The molecule has 0 aliphatic carbocycles. The van der Waals surface area contributed by atoms with Crippen molar-refractivity contribution < 1.29 is 14.3 Å². The number of carbonyl (C=O) groups excluding carboxylic acids is 1. The van der Waals surface area contributed by atoms with E-state index in [1.54, 1.807) is 18.2 Å². The SMILES string of the molecule is O=C(NCCC(O)c1ccco1)c1cccs1. The molecule has 1 amide bonds. The lowest BCUT2D eigenvalue weighted by Gasteiger charge is -2.08. The van der Waals surface area contributed by atoms with Crippen LogP contribution in [0.5, 0.6) is 0 Å². The van der Waals surface area contributed by atoms with Gasteiger partial charge in [-0.05, 0) is 30.0 Å². The van der Waals surface area contributed by atoms with Crippen LogP contribution >= 0.6 is 11.3 Å². The number of thiophene rings is 1. The molecule has 90 valence electrons. The topological polar surface area (TPSA) is 62.5 Å². The first-order valence-electron chi connectivity index (χ1n) is 5.30. The zero-order valence-corrected chi connectivity index (χ0v) is 9.94. The first-order chi connectivity index (χ1) is 8.27. The van der Waals surface area contributed by atoms with Gasteiger partial charge in [0.25, 0.3) is 5.91 Å². The molecule has 2 aromatic heterocycles. The first-order valence-corrected chi connectivity index (χ1v) is 6.18. The Bertz CT molecular complexity index is 450. The second kappa shape index (κ2) is 5.65. The van der Waals surface area contributed by atoms with E-state index >= 15 is 0 Å². The minimum absolute atomic E-state index is 0.105. The zero-order valence-electron chi connectivity index (χ0n) is 9.13. The molecule has 0 saturated carbocycles. The molecule has 0 aliphatic rings. The van der Waals surface area contributed by atoms with Crippen LogP contribution in [0.2, 0.25) is 0 Å². The number of hydrogen-bond donors (Lipinski definition) is 2. The van der Waals surface area contributed by atoms with Gasteiger partial charge in [0, 0.05) is 6.54 Å². The van der Waals surface area contributed by atoms with Gasteiger partial charge in [0.1, 0.15) is 11.9 Å².